The van der Waals surface area contributed by atoms with Gasteiger partial charge in [-0.3, -0.25) is 14.9 Å². The van der Waals surface area contributed by atoms with Crippen molar-refractivity contribution in [3.8, 4) is 0 Å². The average Bonchev–Trinajstić information content (AvgIpc) is 2.92. The van der Waals surface area contributed by atoms with Gasteiger partial charge in [0.25, 0.3) is 5.69 Å². The van der Waals surface area contributed by atoms with Crippen LogP contribution in [0.25, 0.3) is 0 Å². The number of nitrogens with one attached hydrogen (secondary N) is 2. The van der Waals surface area contributed by atoms with E-state index in [4.69, 9.17) is 0 Å². The number of nitrogens with zero attached hydrogens (tertiary/aromatic N) is 1. The molecule has 1 fully saturated rings. The van der Waals surface area contributed by atoms with Gasteiger partial charge in [0, 0.05) is 24.7 Å². The largest absolute Gasteiger partial charge is 0.356 e. The molecule has 2 N–H and O–H groups in total. The zero-order valence-electron chi connectivity index (χ0n) is 11.3. The summed E-state index contributed by atoms with van der Waals surface area (Å²) < 4.78 is 0. The number of benzene rings is 1. The van der Waals surface area contributed by atoms with E-state index in [0.717, 1.165) is 18.5 Å². The molecule has 6 nitrogen and oxygen atoms in total. The highest BCUT2D eigenvalue weighted by atomic mass is 16.6. The van der Waals surface area contributed by atoms with E-state index < -0.39 is 4.92 Å². The van der Waals surface area contributed by atoms with E-state index in [1.165, 1.54) is 25.0 Å². The number of carbonyl (C=O) groups is 1. The highest BCUT2D eigenvalue weighted by Crippen LogP contribution is 2.12. The predicted molar refractivity (Wildman–Crippen MR) is 75.5 cm³/mol. The van der Waals surface area contributed by atoms with E-state index in [0.29, 0.717) is 12.6 Å². The van der Waals surface area contributed by atoms with Crippen molar-refractivity contribution in [3.05, 3.63) is 39.9 Å². The second-order valence-corrected chi connectivity index (χ2v) is 5.03. The number of rotatable bonds is 6. The van der Waals surface area contributed by atoms with Crippen LogP contribution in [-0.4, -0.2) is 30.0 Å². The van der Waals surface area contributed by atoms with Crippen LogP contribution in [0.4, 0.5) is 5.69 Å². The van der Waals surface area contributed by atoms with Gasteiger partial charge < -0.3 is 10.6 Å². The Morgan fingerprint density at radius 3 is 2.75 bits per heavy atom. The molecular formula is C14H19N3O3. The average molecular weight is 277 g/mol. The highest BCUT2D eigenvalue weighted by molar-refractivity contribution is 5.78. The molecule has 1 heterocycles. The summed E-state index contributed by atoms with van der Waals surface area (Å²) in [5, 5.41) is 16.8. The molecular weight excluding hydrogens is 258 g/mol. The molecule has 1 aromatic rings. The summed E-state index contributed by atoms with van der Waals surface area (Å²) in [7, 11) is 0. The summed E-state index contributed by atoms with van der Waals surface area (Å²) in [5.41, 5.74) is 0.827. The van der Waals surface area contributed by atoms with Crippen LogP contribution in [-0.2, 0) is 11.2 Å². The fourth-order valence-electron chi connectivity index (χ4n) is 2.37. The Kier molecular flexibility index (Phi) is 5.06. The lowest BCUT2D eigenvalue weighted by Crippen LogP contribution is -2.31. The Hall–Kier alpha value is -1.95. The van der Waals surface area contributed by atoms with Crippen LogP contribution in [0.5, 0.6) is 0 Å². The standard InChI is InChI=1S/C14H19N3O3/c18-14(16-9-7-12-2-1-8-15-12)10-11-3-5-13(6-4-11)17(19)20/h3-6,12,15H,1-2,7-10H2,(H,16,18)/t12-/m0/s1. The Labute approximate surface area is 117 Å². The topological polar surface area (TPSA) is 84.3 Å². The van der Waals surface area contributed by atoms with E-state index in [9.17, 15) is 14.9 Å². The number of non-ortho nitro benzene ring substituents is 1. The van der Waals surface area contributed by atoms with Crippen LogP contribution in [0, 0.1) is 10.1 Å². The molecule has 0 radical (unpaired) electrons. The van der Waals surface area contributed by atoms with Gasteiger partial charge in [0.2, 0.25) is 5.91 Å². The maximum absolute atomic E-state index is 11.7. The third-order valence-electron chi connectivity index (χ3n) is 3.49. The summed E-state index contributed by atoms with van der Waals surface area (Å²) in [6, 6.07) is 6.61. The van der Waals surface area contributed by atoms with Crippen LogP contribution in [0.15, 0.2) is 24.3 Å². The molecule has 1 atom stereocenters. The van der Waals surface area contributed by atoms with Crippen molar-refractivity contribution in [2.75, 3.05) is 13.1 Å². The molecule has 0 spiro atoms. The monoisotopic (exact) mass is 277 g/mol. The molecule has 2 rings (SSSR count). The maximum atomic E-state index is 11.7. The second-order valence-electron chi connectivity index (χ2n) is 5.03. The maximum Gasteiger partial charge on any atom is 0.269 e. The fraction of sp³-hybridized carbons (Fsp3) is 0.500. The van der Waals surface area contributed by atoms with E-state index in [1.807, 2.05) is 0 Å². The van der Waals surface area contributed by atoms with Gasteiger partial charge in [-0.1, -0.05) is 12.1 Å². The van der Waals surface area contributed by atoms with E-state index in [-0.39, 0.29) is 18.0 Å². The Morgan fingerprint density at radius 1 is 1.40 bits per heavy atom. The van der Waals surface area contributed by atoms with Crippen molar-refractivity contribution in [1.29, 1.82) is 0 Å². The molecule has 1 aliphatic heterocycles. The minimum absolute atomic E-state index is 0.0430. The molecule has 1 saturated heterocycles. The van der Waals surface area contributed by atoms with Crippen molar-refractivity contribution >= 4 is 11.6 Å². The summed E-state index contributed by atoms with van der Waals surface area (Å²) in [4.78, 5) is 21.8. The first kappa shape index (κ1) is 14.5. The van der Waals surface area contributed by atoms with Gasteiger partial charge >= 0.3 is 0 Å². The fourth-order valence-corrected chi connectivity index (χ4v) is 2.37. The lowest BCUT2D eigenvalue weighted by Gasteiger charge is -2.10. The van der Waals surface area contributed by atoms with Gasteiger partial charge in [-0.05, 0) is 31.4 Å². The van der Waals surface area contributed by atoms with Crippen molar-refractivity contribution in [3.63, 3.8) is 0 Å². The summed E-state index contributed by atoms with van der Waals surface area (Å²) in [6.45, 7) is 1.74. The lowest BCUT2D eigenvalue weighted by molar-refractivity contribution is -0.384. The first-order chi connectivity index (χ1) is 9.65. The Balaban J connectivity index is 1.71. The summed E-state index contributed by atoms with van der Waals surface area (Å²) in [5.74, 6) is -0.0446. The van der Waals surface area contributed by atoms with Crippen molar-refractivity contribution < 1.29 is 9.72 Å². The van der Waals surface area contributed by atoms with Crippen LogP contribution in [0.1, 0.15) is 24.8 Å². The molecule has 0 aromatic heterocycles. The van der Waals surface area contributed by atoms with Gasteiger partial charge in [0.05, 0.1) is 11.3 Å². The SMILES string of the molecule is O=C(Cc1ccc([N+](=O)[O-])cc1)NCC[C@@H]1CCCN1. The molecule has 6 heteroatoms. The quantitative estimate of drug-likeness (QED) is 0.608. The molecule has 0 aliphatic carbocycles. The van der Waals surface area contributed by atoms with E-state index in [2.05, 4.69) is 10.6 Å². The van der Waals surface area contributed by atoms with E-state index >= 15 is 0 Å². The highest BCUT2D eigenvalue weighted by Gasteiger charge is 2.13. The Morgan fingerprint density at radius 2 is 2.15 bits per heavy atom. The zero-order valence-corrected chi connectivity index (χ0v) is 11.3. The molecule has 1 amide bonds. The van der Waals surface area contributed by atoms with E-state index in [1.54, 1.807) is 12.1 Å². The normalized spacial score (nSPS) is 17.9. The smallest absolute Gasteiger partial charge is 0.269 e. The lowest BCUT2D eigenvalue weighted by atomic mass is 10.1. The number of nitro groups is 1. The third-order valence-corrected chi connectivity index (χ3v) is 3.49. The van der Waals surface area contributed by atoms with Crippen LogP contribution in [0.2, 0.25) is 0 Å². The number of hydrogen-bond acceptors (Lipinski definition) is 4. The van der Waals surface area contributed by atoms with Crippen LogP contribution < -0.4 is 10.6 Å². The van der Waals surface area contributed by atoms with Crippen LogP contribution in [0.3, 0.4) is 0 Å². The molecule has 20 heavy (non-hydrogen) atoms. The summed E-state index contributed by atoms with van der Waals surface area (Å²) in [6.07, 6.45) is 3.60. The number of nitro benzene ring substituents is 1. The first-order valence-electron chi connectivity index (χ1n) is 6.88. The summed E-state index contributed by atoms with van der Waals surface area (Å²) >= 11 is 0. The second kappa shape index (κ2) is 7.00. The van der Waals surface area contributed by atoms with Crippen molar-refractivity contribution in [2.24, 2.45) is 0 Å². The Bertz CT molecular complexity index is 467. The number of amides is 1. The van der Waals surface area contributed by atoms with Gasteiger partial charge in [0.15, 0.2) is 0 Å². The van der Waals surface area contributed by atoms with Gasteiger partial charge in [-0.2, -0.15) is 0 Å². The number of hydrogen-bond donors (Lipinski definition) is 2. The van der Waals surface area contributed by atoms with Gasteiger partial charge in [0.1, 0.15) is 0 Å². The van der Waals surface area contributed by atoms with Crippen LogP contribution >= 0.6 is 0 Å². The third kappa shape index (κ3) is 4.31. The minimum atomic E-state index is -0.446. The molecule has 0 bridgehead atoms. The van der Waals surface area contributed by atoms with Gasteiger partial charge in [-0.25, -0.2) is 0 Å². The molecule has 1 aliphatic rings. The minimum Gasteiger partial charge on any atom is -0.356 e. The van der Waals surface area contributed by atoms with Crippen molar-refractivity contribution in [2.45, 2.75) is 31.7 Å². The first-order valence-corrected chi connectivity index (χ1v) is 6.88. The molecule has 1 aromatic carbocycles. The zero-order chi connectivity index (χ0) is 14.4. The molecule has 108 valence electrons. The molecule has 0 saturated carbocycles. The predicted octanol–water partition coefficient (Wildman–Crippen LogP) is 1.40. The molecule has 0 unspecified atom stereocenters. The van der Waals surface area contributed by atoms with Crippen molar-refractivity contribution in [1.82, 2.24) is 10.6 Å². The number of carbonyl (C=O) groups excluding carboxylic acids is 1. The van der Waals surface area contributed by atoms with Gasteiger partial charge in [-0.15, -0.1) is 0 Å².